The Labute approximate surface area is 179 Å². The number of carbonyl (C=O) groups excluding carboxylic acids is 3. The molecule has 0 radical (unpaired) electrons. The van der Waals surface area contributed by atoms with Crippen molar-refractivity contribution in [3.05, 3.63) is 25.3 Å². The minimum Gasteiger partial charge on any atom is -0.463 e. The van der Waals surface area contributed by atoms with Crippen molar-refractivity contribution >= 4 is 17.8 Å². The van der Waals surface area contributed by atoms with Gasteiger partial charge < -0.3 is 20.1 Å². The molecule has 2 fully saturated rings. The minimum absolute atomic E-state index is 0.0512. The van der Waals surface area contributed by atoms with E-state index < -0.39 is 11.5 Å². The SMILES string of the molecule is C=CCCC(=O)OCC1(NC(=O)[C@H](CC=C)CC(=O)N2CCC[C@H]2CO)CCCC1. The first-order valence-electron chi connectivity index (χ1n) is 11.0. The van der Waals surface area contributed by atoms with Crippen molar-refractivity contribution in [1.29, 1.82) is 0 Å². The van der Waals surface area contributed by atoms with Crippen LogP contribution in [-0.4, -0.2) is 59.1 Å². The van der Waals surface area contributed by atoms with E-state index in [2.05, 4.69) is 18.5 Å². The van der Waals surface area contributed by atoms with Gasteiger partial charge in [-0.3, -0.25) is 14.4 Å². The van der Waals surface area contributed by atoms with Crippen molar-refractivity contribution in [3.8, 4) is 0 Å². The lowest BCUT2D eigenvalue weighted by Gasteiger charge is -2.32. The predicted octanol–water partition coefficient (Wildman–Crippen LogP) is 2.49. The summed E-state index contributed by atoms with van der Waals surface area (Å²) in [4.78, 5) is 39.4. The highest BCUT2D eigenvalue weighted by Crippen LogP contribution is 2.31. The van der Waals surface area contributed by atoms with Crippen molar-refractivity contribution in [2.45, 2.75) is 75.8 Å². The number of rotatable bonds is 12. The Morgan fingerprint density at radius 1 is 1.20 bits per heavy atom. The summed E-state index contributed by atoms with van der Waals surface area (Å²) in [6.07, 6.45) is 9.74. The van der Waals surface area contributed by atoms with Crippen molar-refractivity contribution in [1.82, 2.24) is 10.2 Å². The Morgan fingerprint density at radius 2 is 1.93 bits per heavy atom. The van der Waals surface area contributed by atoms with Gasteiger partial charge in [0.1, 0.15) is 6.61 Å². The van der Waals surface area contributed by atoms with E-state index in [4.69, 9.17) is 4.74 Å². The molecule has 7 nitrogen and oxygen atoms in total. The average molecular weight is 421 g/mol. The summed E-state index contributed by atoms with van der Waals surface area (Å²) in [6, 6.07) is -0.152. The second-order valence-electron chi connectivity index (χ2n) is 8.46. The van der Waals surface area contributed by atoms with Crippen LogP contribution < -0.4 is 5.32 Å². The van der Waals surface area contributed by atoms with Crippen molar-refractivity contribution in [2.75, 3.05) is 19.8 Å². The Balaban J connectivity index is 1.98. The fraction of sp³-hybridized carbons (Fsp3) is 0.696. The van der Waals surface area contributed by atoms with Crippen LogP contribution in [0.4, 0.5) is 0 Å². The summed E-state index contributed by atoms with van der Waals surface area (Å²) in [7, 11) is 0. The first kappa shape index (κ1) is 24.1. The summed E-state index contributed by atoms with van der Waals surface area (Å²) in [6.45, 7) is 8.06. The van der Waals surface area contributed by atoms with Crippen LogP contribution in [-0.2, 0) is 19.1 Å². The lowest BCUT2D eigenvalue weighted by atomic mass is 9.94. The van der Waals surface area contributed by atoms with E-state index >= 15 is 0 Å². The lowest BCUT2D eigenvalue weighted by molar-refractivity contribution is -0.147. The Hall–Kier alpha value is -2.15. The van der Waals surface area contributed by atoms with Crippen LogP contribution in [0.25, 0.3) is 0 Å². The maximum atomic E-state index is 13.1. The third-order valence-corrected chi connectivity index (χ3v) is 6.16. The minimum atomic E-state index is -0.565. The highest BCUT2D eigenvalue weighted by molar-refractivity contribution is 5.86. The Bertz CT molecular complexity index is 627. The molecule has 1 heterocycles. The van der Waals surface area contributed by atoms with Gasteiger partial charge in [-0.05, 0) is 38.5 Å². The molecule has 2 aliphatic rings. The zero-order valence-corrected chi connectivity index (χ0v) is 17.9. The molecule has 0 aromatic carbocycles. The molecule has 0 unspecified atom stereocenters. The fourth-order valence-corrected chi connectivity index (χ4v) is 4.40. The van der Waals surface area contributed by atoms with Gasteiger partial charge in [-0.1, -0.05) is 25.0 Å². The van der Waals surface area contributed by atoms with Crippen molar-refractivity contribution < 1.29 is 24.2 Å². The number of esters is 1. The van der Waals surface area contributed by atoms with Crippen LogP contribution in [0.3, 0.4) is 0 Å². The number of hydrogen-bond acceptors (Lipinski definition) is 5. The van der Waals surface area contributed by atoms with E-state index in [1.165, 1.54) is 0 Å². The van der Waals surface area contributed by atoms with E-state index in [9.17, 15) is 19.5 Å². The topological polar surface area (TPSA) is 95.9 Å². The van der Waals surface area contributed by atoms with Gasteiger partial charge in [0.2, 0.25) is 11.8 Å². The molecular formula is C23H36N2O5. The molecule has 2 atom stereocenters. The molecule has 0 aromatic heterocycles. The van der Waals surface area contributed by atoms with Gasteiger partial charge in [-0.15, -0.1) is 13.2 Å². The molecule has 30 heavy (non-hydrogen) atoms. The number of nitrogens with one attached hydrogen (secondary N) is 1. The zero-order valence-electron chi connectivity index (χ0n) is 17.9. The second kappa shape index (κ2) is 11.9. The summed E-state index contributed by atoms with van der Waals surface area (Å²) in [5.41, 5.74) is -0.565. The number of aliphatic hydroxyl groups is 1. The largest absolute Gasteiger partial charge is 0.463 e. The van der Waals surface area contributed by atoms with E-state index in [0.29, 0.717) is 19.4 Å². The van der Waals surface area contributed by atoms with Gasteiger partial charge in [0.25, 0.3) is 0 Å². The summed E-state index contributed by atoms with van der Waals surface area (Å²) < 4.78 is 5.44. The fourth-order valence-electron chi connectivity index (χ4n) is 4.40. The molecule has 0 aromatic rings. The first-order valence-corrected chi connectivity index (χ1v) is 11.0. The predicted molar refractivity (Wildman–Crippen MR) is 114 cm³/mol. The number of carbonyl (C=O) groups is 3. The summed E-state index contributed by atoms with van der Waals surface area (Å²) in [5.74, 6) is -1.13. The van der Waals surface area contributed by atoms with Gasteiger partial charge in [-0.25, -0.2) is 0 Å². The molecule has 2 N–H and O–H groups in total. The van der Waals surface area contributed by atoms with Gasteiger partial charge in [0.15, 0.2) is 0 Å². The monoisotopic (exact) mass is 420 g/mol. The normalized spacial score (nSPS) is 21.1. The van der Waals surface area contributed by atoms with Gasteiger partial charge in [0.05, 0.1) is 24.1 Å². The van der Waals surface area contributed by atoms with Crippen molar-refractivity contribution in [2.24, 2.45) is 5.92 Å². The molecule has 2 rings (SSSR count). The molecule has 168 valence electrons. The van der Waals surface area contributed by atoms with Crippen LogP contribution in [0.15, 0.2) is 25.3 Å². The molecule has 0 spiro atoms. The van der Waals surface area contributed by atoms with E-state index in [-0.39, 0.29) is 49.9 Å². The number of nitrogens with zero attached hydrogens (tertiary/aromatic N) is 1. The molecule has 1 aliphatic heterocycles. The maximum absolute atomic E-state index is 13.1. The van der Waals surface area contributed by atoms with Crippen LogP contribution >= 0.6 is 0 Å². The molecular weight excluding hydrogens is 384 g/mol. The lowest BCUT2D eigenvalue weighted by Crippen LogP contribution is -2.52. The number of allylic oxidation sites excluding steroid dienone is 2. The average Bonchev–Trinajstić information content (AvgIpc) is 3.40. The third kappa shape index (κ3) is 6.69. The smallest absolute Gasteiger partial charge is 0.306 e. The maximum Gasteiger partial charge on any atom is 0.306 e. The standard InChI is InChI=1S/C23H36N2O5/c1-3-5-11-21(28)30-17-23(12-6-7-13-23)24-22(29)18(9-4-2)15-20(27)25-14-8-10-19(25)16-26/h3-4,18-19,26H,1-2,5-17H2,(H,24,29)/t18-,19+/m1/s1. The van der Waals surface area contributed by atoms with Gasteiger partial charge in [0, 0.05) is 19.4 Å². The van der Waals surface area contributed by atoms with Crippen LogP contribution in [0.2, 0.25) is 0 Å². The van der Waals surface area contributed by atoms with Crippen LogP contribution in [0.5, 0.6) is 0 Å². The zero-order chi connectivity index (χ0) is 22.0. The Morgan fingerprint density at radius 3 is 2.57 bits per heavy atom. The number of amides is 2. The summed E-state index contributed by atoms with van der Waals surface area (Å²) in [5, 5.41) is 12.6. The van der Waals surface area contributed by atoms with E-state index in [1.54, 1.807) is 17.1 Å². The number of likely N-dealkylation sites (tertiary alicyclic amines) is 1. The highest BCUT2D eigenvalue weighted by atomic mass is 16.5. The highest BCUT2D eigenvalue weighted by Gasteiger charge is 2.39. The third-order valence-electron chi connectivity index (χ3n) is 6.16. The Kier molecular flexibility index (Phi) is 9.56. The van der Waals surface area contributed by atoms with E-state index in [1.807, 2.05) is 0 Å². The van der Waals surface area contributed by atoms with Gasteiger partial charge >= 0.3 is 5.97 Å². The number of aliphatic hydroxyl groups excluding tert-OH is 1. The quantitative estimate of drug-likeness (QED) is 0.374. The molecule has 1 aliphatic carbocycles. The van der Waals surface area contributed by atoms with Gasteiger partial charge in [-0.2, -0.15) is 0 Å². The molecule has 7 heteroatoms. The number of hydrogen-bond donors (Lipinski definition) is 2. The van der Waals surface area contributed by atoms with Crippen LogP contribution in [0.1, 0.15) is 64.2 Å². The number of ether oxygens (including phenoxy) is 1. The first-order chi connectivity index (χ1) is 14.4. The molecule has 2 amide bonds. The van der Waals surface area contributed by atoms with E-state index in [0.717, 1.165) is 38.5 Å². The second-order valence-corrected chi connectivity index (χ2v) is 8.46. The summed E-state index contributed by atoms with van der Waals surface area (Å²) >= 11 is 0. The molecule has 1 saturated carbocycles. The van der Waals surface area contributed by atoms with Crippen LogP contribution in [0, 0.1) is 5.92 Å². The van der Waals surface area contributed by atoms with Crippen molar-refractivity contribution in [3.63, 3.8) is 0 Å². The molecule has 0 bridgehead atoms. The molecule has 1 saturated heterocycles.